The number of hydrogen-bond donors (Lipinski definition) is 1. The van der Waals surface area contributed by atoms with Crippen molar-refractivity contribution in [2.24, 2.45) is 10.8 Å². The predicted molar refractivity (Wildman–Crippen MR) is 192 cm³/mol. The molecule has 1 aliphatic rings. The second kappa shape index (κ2) is 14.7. The van der Waals surface area contributed by atoms with Crippen LogP contribution >= 0.6 is 0 Å². The van der Waals surface area contributed by atoms with Gasteiger partial charge < -0.3 is 10.1 Å². The molecule has 0 saturated carbocycles. The van der Waals surface area contributed by atoms with Gasteiger partial charge in [0.2, 0.25) is 0 Å². The summed E-state index contributed by atoms with van der Waals surface area (Å²) in [7, 11) is -2.69. The first-order valence-electron chi connectivity index (χ1n) is 16.4. The first-order valence-corrected chi connectivity index (χ1v) is 22.8. The van der Waals surface area contributed by atoms with Crippen molar-refractivity contribution in [2.45, 2.75) is 119 Å². The Bertz CT molecular complexity index is 1480. The zero-order valence-electron chi connectivity index (χ0n) is 29.4. The van der Waals surface area contributed by atoms with Crippen molar-refractivity contribution in [1.29, 1.82) is 0 Å². The number of rotatable bonds is 8. The van der Waals surface area contributed by atoms with Crippen LogP contribution in [0.1, 0.15) is 78.4 Å². The topological polar surface area (TPSA) is 50.2 Å². The van der Waals surface area contributed by atoms with Gasteiger partial charge in [0.15, 0.2) is 5.78 Å². The van der Waals surface area contributed by atoms with Gasteiger partial charge in [0.1, 0.15) is 5.76 Å². The van der Waals surface area contributed by atoms with Crippen LogP contribution in [0.2, 0.25) is 38.3 Å². The van der Waals surface area contributed by atoms with Crippen molar-refractivity contribution in [3.63, 3.8) is 0 Å². The van der Waals surface area contributed by atoms with Gasteiger partial charge in [-0.15, -0.1) is 34.9 Å². The number of aromatic nitrogens is 1. The number of carbonyl (C=O) groups excluding carboxylic acids is 1. The maximum absolute atomic E-state index is 12.2. The molecule has 1 N–H and O–H groups in total. The van der Waals surface area contributed by atoms with E-state index in [0.717, 1.165) is 36.9 Å². The smallest absolute Gasteiger partial charge is 0.164 e. The van der Waals surface area contributed by atoms with Crippen LogP contribution in [-0.2, 0) is 24.9 Å². The van der Waals surface area contributed by atoms with Gasteiger partial charge in [-0.3, -0.25) is 4.79 Å². The largest absolute Gasteiger partial charge is 0.512 e. The number of aliphatic hydroxyl groups excluding tert-OH is 1. The molecule has 0 saturated heterocycles. The summed E-state index contributed by atoms with van der Waals surface area (Å²) >= 11 is 0. The first kappa shape index (κ1) is 38.3. The fraction of sp³-hybridized carbons (Fsp3) is 0.526. The first-order chi connectivity index (χ1) is 20.0. The Labute approximate surface area is 283 Å². The van der Waals surface area contributed by atoms with Crippen LogP contribution in [0.5, 0.6) is 0 Å². The number of nitrogens with zero attached hydrogens (tertiary/aromatic N) is 1. The van der Waals surface area contributed by atoms with E-state index in [2.05, 4.69) is 76.4 Å². The zero-order valence-corrected chi connectivity index (χ0v) is 33.8. The maximum atomic E-state index is 12.2. The Morgan fingerprint density at radius 1 is 0.886 bits per heavy atom. The summed E-state index contributed by atoms with van der Waals surface area (Å²) in [4.78, 5) is 17.0. The van der Waals surface area contributed by atoms with E-state index in [1.54, 1.807) is 10.4 Å². The molecule has 3 aromatic rings. The fourth-order valence-corrected chi connectivity index (χ4v) is 16.4. The molecule has 0 spiro atoms. The number of allylic oxidation sites excluding steroid dienone is 2. The minimum atomic E-state index is -1.37. The molecule has 44 heavy (non-hydrogen) atoms. The third-order valence-electron chi connectivity index (χ3n) is 10.7. The van der Waals surface area contributed by atoms with Gasteiger partial charge in [-0.25, -0.2) is 0 Å². The average molecular weight is 807 g/mol. The zero-order chi connectivity index (χ0) is 32.4. The molecule has 0 fully saturated rings. The van der Waals surface area contributed by atoms with Crippen molar-refractivity contribution in [3.8, 4) is 11.3 Å². The van der Waals surface area contributed by atoms with Gasteiger partial charge in [0.05, 0.1) is 16.1 Å². The number of carbonyl (C=O) groups is 1. The molecule has 1 aliphatic heterocycles. The van der Waals surface area contributed by atoms with Crippen LogP contribution in [0.15, 0.2) is 48.4 Å². The molecule has 0 aliphatic carbocycles. The van der Waals surface area contributed by atoms with Crippen LogP contribution in [0.25, 0.3) is 22.0 Å². The molecule has 0 bridgehead atoms. The minimum absolute atomic E-state index is 0. The Hall–Kier alpha value is -1.86. The molecule has 0 amide bonds. The SMILES string of the molecule is CCC(C)(CC)C(=O)/C=C(\O)C(C)(CC)CC.Cc1[c-]c(-c2nccc3cc4c(cc23)[Si](C)(C)CC[Si]4(C)C)cc(C)c1.[Ir]. The monoisotopic (exact) mass is 807 g/mol. The number of pyridine rings is 1. The van der Waals surface area contributed by atoms with Crippen molar-refractivity contribution in [2.75, 3.05) is 0 Å². The number of hydrogen-bond acceptors (Lipinski definition) is 3. The minimum Gasteiger partial charge on any atom is -0.512 e. The van der Waals surface area contributed by atoms with E-state index < -0.39 is 16.1 Å². The summed E-state index contributed by atoms with van der Waals surface area (Å²) in [6.07, 6.45) is 6.72. The van der Waals surface area contributed by atoms with E-state index in [4.69, 9.17) is 4.98 Å². The van der Waals surface area contributed by atoms with Gasteiger partial charge in [-0.05, 0) is 48.2 Å². The van der Waals surface area contributed by atoms with E-state index in [1.165, 1.54) is 40.1 Å². The average Bonchev–Trinajstić information content (AvgIpc) is 2.97. The van der Waals surface area contributed by atoms with Gasteiger partial charge >= 0.3 is 0 Å². The number of ketones is 1. The summed E-state index contributed by atoms with van der Waals surface area (Å²) in [5.41, 5.74) is 4.07. The Morgan fingerprint density at radius 2 is 1.41 bits per heavy atom. The van der Waals surface area contributed by atoms with Crippen LogP contribution in [0.3, 0.4) is 0 Å². The number of fused-ring (bicyclic) bond motifs is 2. The summed E-state index contributed by atoms with van der Waals surface area (Å²) in [6.45, 7) is 26.5. The van der Waals surface area contributed by atoms with E-state index in [1.807, 2.05) is 47.7 Å². The van der Waals surface area contributed by atoms with Crippen LogP contribution in [-0.4, -0.2) is 32.0 Å². The number of benzene rings is 2. The Morgan fingerprint density at radius 3 is 1.91 bits per heavy atom. The third-order valence-corrected chi connectivity index (χ3v) is 18.2. The van der Waals surface area contributed by atoms with Crippen molar-refractivity contribution in [1.82, 2.24) is 4.98 Å². The molecule has 1 radical (unpaired) electrons. The van der Waals surface area contributed by atoms with Crippen molar-refractivity contribution < 1.29 is 30.0 Å². The van der Waals surface area contributed by atoms with Crippen LogP contribution < -0.4 is 10.4 Å². The summed E-state index contributed by atoms with van der Waals surface area (Å²) in [5.74, 6) is 0.286. The summed E-state index contributed by atoms with van der Waals surface area (Å²) in [5, 5.41) is 16.2. The van der Waals surface area contributed by atoms with Crippen LogP contribution in [0, 0.1) is 30.7 Å². The molecular formula is C38H56IrNO2Si2-. The second-order valence-electron chi connectivity index (χ2n) is 14.7. The maximum Gasteiger partial charge on any atom is 0.164 e. The summed E-state index contributed by atoms with van der Waals surface area (Å²) < 4.78 is 0. The standard InChI is InChI=1S/C23H28NSi2.C15H28O2.Ir/c1-16-11-17(2)13-19(12-16)23-20-15-22-21(14-18(20)7-8-24-23)25(3,4)9-10-26(22,5)6;1-7-14(5,8-2)12(16)11-13(17)15(6,9-3)10-4;/h7-8,11-12,14-15H,9-10H2,1-6H3;11,16H,7-10H2,1-6H3;/q-1;;/b;12-11-;. The molecule has 0 unspecified atom stereocenters. The third kappa shape index (κ3) is 8.10. The Balaban J connectivity index is 0.000000331. The molecule has 6 heteroatoms. The van der Waals surface area contributed by atoms with Crippen LogP contribution in [0.4, 0.5) is 0 Å². The fourth-order valence-electron chi connectivity index (χ4n) is 6.16. The number of aryl methyl sites for hydroxylation is 2. The molecule has 4 rings (SSSR count). The molecule has 3 nitrogen and oxygen atoms in total. The van der Waals surface area contributed by atoms with Gasteiger partial charge in [0, 0.05) is 43.2 Å². The summed E-state index contributed by atoms with van der Waals surface area (Å²) in [6, 6.07) is 18.0. The Kier molecular flexibility index (Phi) is 12.8. The van der Waals surface area contributed by atoms with Gasteiger partial charge in [0.25, 0.3) is 0 Å². The van der Waals surface area contributed by atoms with E-state index in [0.29, 0.717) is 0 Å². The van der Waals surface area contributed by atoms with E-state index in [-0.39, 0.29) is 42.5 Å². The molecule has 1 aromatic heterocycles. The van der Waals surface area contributed by atoms with Gasteiger partial charge in [-0.1, -0.05) is 116 Å². The predicted octanol–water partition coefficient (Wildman–Crippen LogP) is 9.81. The van der Waals surface area contributed by atoms with E-state index >= 15 is 0 Å². The molecule has 243 valence electrons. The van der Waals surface area contributed by atoms with Crippen molar-refractivity contribution in [3.05, 3.63) is 65.6 Å². The molecule has 0 atom stereocenters. The van der Waals surface area contributed by atoms with Crippen molar-refractivity contribution >= 4 is 43.1 Å². The normalized spacial score (nSPS) is 16.0. The second-order valence-corrected chi connectivity index (χ2v) is 24.3. The molecule has 2 heterocycles. The quantitative estimate of drug-likeness (QED) is 0.107. The number of aliphatic hydroxyl groups is 1. The molecule has 2 aromatic carbocycles. The van der Waals surface area contributed by atoms with Gasteiger partial charge in [-0.2, -0.15) is 0 Å². The molecular weight excluding hydrogens is 751 g/mol. The van der Waals surface area contributed by atoms with E-state index in [9.17, 15) is 9.90 Å².